The molecule has 4 aliphatic rings. The van der Waals surface area contributed by atoms with Crippen LogP contribution in [-0.2, 0) is 14.4 Å². The van der Waals surface area contributed by atoms with Crippen molar-refractivity contribution in [1.29, 1.82) is 0 Å². The maximum atomic E-state index is 12.1. The average Bonchev–Trinajstić information content (AvgIpc) is 2.93. The van der Waals surface area contributed by atoms with Crippen LogP contribution in [0.15, 0.2) is 12.2 Å². The van der Waals surface area contributed by atoms with Crippen LogP contribution in [0.25, 0.3) is 0 Å². The highest BCUT2D eigenvalue weighted by atomic mass is 16.2. The number of rotatable bonds is 2. The van der Waals surface area contributed by atoms with Gasteiger partial charge in [-0.15, -0.1) is 0 Å². The summed E-state index contributed by atoms with van der Waals surface area (Å²) < 4.78 is 0. The molecule has 5 heteroatoms. The van der Waals surface area contributed by atoms with E-state index in [1.54, 1.807) is 0 Å². The van der Waals surface area contributed by atoms with Gasteiger partial charge in [0.15, 0.2) is 0 Å². The summed E-state index contributed by atoms with van der Waals surface area (Å²) in [5.41, 5.74) is 2.43. The third kappa shape index (κ3) is 0.830. The Labute approximate surface area is 97.8 Å². The fourth-order valence-electron chi connectivity index (χ4n) is 4.26. The number of fused-ring (bicyclic) bond motifs is 3. The second-order valence-electron chi connectivity index (χ2n) is 5.48. The van der Waals surface area contributed by atoms with Crippen molar-refractivity contribution in [3.63, 3.8) is 0 Å². The molecular weight excluding hydrogens is 220 g/mol. The minimum absolute atomic E-state index is 0.215. The van der Waals surface area contributed by atoms with Crippen LogP contribution in [0, 0.1) is 29.1 Å². The zero-order valence-corrected chi connectivity index (χ0v) is 9.13. The lowest BCUT2D eigenvalue weighted by Gasteiger charge is -2.20. The SMILES string of the molecule is O=CNN1C(=O)[C@@H]2C3C=CC([C@@H]2C1=O)C31CC1. The quantitative estimate of drug-likeness (QED) is 0.409. The van der Waals surface area contributed by atoms with Crippen LogP contribution in [0.5, 0.6) is 0 Å². The maximum Gasteiger partial charge on any atom is 0.252 e. The molecule has 3 fully saturated rings. The summed E-state index contributed by atoms with van der Waals surface area (Å²) in [4.78, 5) is 34.7. The van der Waals surface area contributed by atoms with E-state index in [1.165, 1.54) is 0 Å². The van der Waals surface area contributed by atoms with E-state index in [1.807, 2.05) is 0 Å². The van der Waals surface area contributed by atoms with E-state index in [4.69, 9.17) is 0 Å². The van der Waals surface area contributed by atoms with E-state index in [-0.39, 0.29) is 40.9 Å². The van der Waals surface area contributed by atoms with E-state index in [0.29, 0.717) is 6.41 Å². The van der Waals surface area contributed by atoms with Gasteiger partial charge in [-0.1, -0.05) is 12.2 Å². The van der Waals surface area contributed by atoms with Crippen LogP contribution in [0.3, 0.4) is 0 Å². The predicted molar refractivity (Wildman–Crippen MR) is 55.8 cm³/mol. The molecule has 0 radical (unpaired) electrons. The number of nitrogens with one attached hydrogen (secondary N) is 1. The van der Waals surface area contributed by atoms with Crippen LogP contribution in [0.4, 0.5) is 0 Å². The number of hydrazine groups is 1. The lowest BCUT2D eigenvalue weighted by Crippen LogP contribution is -2.44. The van der Waals surface area contributed by atoms with Gasteiger partial charge in [0.2, 0.25) is 6.41 Å². The topological polar surface area (TPSA) is 66.5 Å². The molecule has 3 amide bonds. The Morgan fingerprint density at radius 2 is 1.71 bits per heavy atom. The van der Waals surface area contributed by atoms with Gasteiger partial charge >= 0.3 is 0 Å². The van der Waals surface area contributed by atoms with Crippen LogP contribution in [0.2, 0.25) is 0 Å². The Morgan fingerprint density at radius 1 is 1.18 bits per heavy atom. The van der Waals surface area contributed by atoms with E-state index in [2.05, 4.69) is 17.6 Å². The first-order valence-electron chi connectivity index (χ1n) is 5.97. The minimum atomic E-state index is -0.229. The van der Waals surface area contributed by atoms with Crippen molar-refractivity contribution in [2.75, 3.05) is 0 Å². The number of carbonyl (C=O) groups is 3. The number of allylic oxidation sites excluding steroid dienone is 2. The van der Waals surface area contributed by atoms with E-state index in [9.17, 15) is 14.4 Å². The van der Waals surface area contributed by atoms with E-state index in [0.717, 1.165) is 17.9 Å². The van der Waals surface area contributed by atoms with E-state index >= 15 is 0 Å². The van der Waals surface area contributed by atoms with Gasteiger partial charge < -0.3 is 0 Å². The van der Waals surface area contributed by atoms with Gasteiger partial charge in [0, 0.05) is 0 Å². The van der Waals surface area contributed by atoms with Crippen LogP contribution in [0.1, 0.15) is 12.8 Å². The molecule has 5 nitrogen and oxygen atoms in total. The molecule has 17 heavy (non-hydrogen) atoms. The van der Waals surface area contributed by atoms with Crippen molar-refractivity contribution in [3.8, 4) is 0 Å². The van der Waals surface area contributed by atoms with Gasteiger partial charge in [-0.3, -0.25) is 19.8 Å². The van der Waals surface area contributed by atoms with Crippen molar-refractivity contribution < 1.29 is 14.4 Å². The maximum absolute atomic E-state index is 12.1. The molecule has 0 aromatic rings. The second kappa shape index (κ2) is 2.60. The molecule has 2 bridgehead atoms. The Bertz CT molecular complexity index is 446. The zero-order valence-electron chi connectivity index (χ0n) is 9.13. The smallest absolute Gasteiger partial charge is 0.252 e. The van der Waals surface area contributed by atoms with Crippen molar-refractivity contribution >= 4 is 18.2 Å². The normalized spacial score (nSPS) is 43.4. The standard InChI is InChI=1S/C12H12N2O3/c15-5-13-14-10(16)8-6-1-2-7(9(8)11(14)17)12(6)3-4-12/h1-2,5-9H,3-4H2,(H,13,15)/t6?,7?,8-,9+. The molecule has 1 aliphatic heterocycles. The number of hydrogen-bond acceptors (Lipinski definition) is 3. The summed E-state index contributed by atoms with van der Waals surface area (Å²) in [6.07, 6.45) is 6.86. The molecule has 4 rings (SSSR count). The van der Waals surface area contributed by atoms with Crippen molar-refractivity contribution in [2.45, 2.75) is 12.8 Å². The number of carbonyl (C=O) groups excluding carboxylic acids is 3. The van der Waals surface area contributed by atoms with Gasteiger partial charge in [0.25, 0.3) is 11.8 Å². The molecule has 1 heterocycles. The Kier molecular flexibility index (Phi) is 1.44. The molecule has 1 spiro atoms. The third-order valence-electron chi connectivity index (χ3n) is 5.03. The summed E-state index contributed by atoms with van der Waals surface area (Å²) >= 11 is 0. The fraction of sp³-hybridized carbons (Fsp3) is 0.583. The van der Waals surface area contributed by atoms with Gasteiger partial charge in [0.1, 0.15) is 0 Å². The Hall–Kier alpha value is -1.65. The summed E-state index contributed by atoms with van der Waals surface area (Å²) in [5.74, 6) is -0.481. The third-order valence-corrected chi connectivity index (χ3v) is 5.03. The number of imide groups is 1. The summed E-state index contributed by atoms with van der Waals surface area (Å²) in [7, 11) is 0. The number of hydrogen-bond donors (Lipinski definition) is 1. The summed E-state index contributed by atoms with van der Waals surface area (Å²) in [6, 6.07) is 0. The number of amides is 3. The molecule has 1 N–H and O–H groups in total. The van der Waals surface area contributed by atoms with Gasteiger partial charge in [0.05, 0.1) is 11.8 Å². The van der Waals surface area contributed by atoms with Crippen LogP contribution in [-0.4, -0.2) is 23.2 Å². The van der Waals surface area contributed by atoms with Crippen molar-refractivity contribution in [3.05, 3.63) is 12.2 Å². The molecule has 0 aromatic carbocycles. The monoisotopic (exact) mass is 232 g/mol. The van der Waals surface area contributed by atoms with Crippen molar-refractivity contribution in [2.24, 2.45) is 29.1 Å². The molecule has 3 aliphatic carbocycles. The first-order valence-corrected chi connectivity index (χ1v) is 5.97. The Morgan fingerprint density at radius 3 is 2.12 bits per heavy atom. The first-order chi connectivity index (χ1) is 8.20. The average molecular weight is 232 g/mol. The highest BCUT2D eigenvalue weighted by molar-refractivity contribution is 6.06. The van der Waals surface area contributed by atoms with Gasteiger partial charge in [-0.05, 0) is 30.1 Å². The van der Waals surface area contributed by atoms with Gasteiger partial charge in [-0.25, -0.2) is 0 Å². The largest absolute Gasteiger partial charge is 0.277 e. The highest BCUT2D eigenvalue weighted by Crippen LogP contribution is 2.73. The Balaban J connectivity index is 1.76. The zero-order chi connectivity index (χ0) is 11.8. The molecular formula is C12H12N2O3. The van der Waals surface area contributed by atoms with Gasteiger partial charge in [-0.2, -0.15) is 5.01 Å². The van der Waals surface area contributed by atoms with Crippen LogP contribution >= 0.6 is 0 Å². The molecule has 2 saturated carbocycles. The fourth-order valence-corrected chi connectivity index (χ4v) is 4.26. The highest BCUT2D eigenvalue weighted by Gasteiger charge is 2.73. The van der Waals surface area contributed by atoms with Crippen molar-refractivity contribution in [1.82, 2.24) is 10.4 Å². The lowest BCUT2D eigenvalue weighted by molar-refractivity contribution is -0.147. The molecule has 4 atom stereocenters. The van der Waals surface area contributed by atoms with E-state index < -0.39 is 0 Å². The predicted octanol–water partition coefficient (Wildman–Crippen LogP) is -0.155. The molecule has 2 unspecified atom stereocenters. The number of nitrogens with zero attached hydrogens (tertiary/aromatic N) is 1. The minimum Gasteiger partial charge on any atom is -0.277 e. The second-order valence-corrected chi connectivity index (χ2v) is 5.48. The first kappa shape index (κ1) is 9.39. The lowest BCUT2D eigenvalue weighted by atomic mass is 9.85. The molecule has 1 saturated heterocycles. The summed E-state index contributed by atoms with van der Waals surface area (Å²) in [5, 5.41) is 0.907. The van der Waals surface area contributed by atoms with Crippen LogP contribution < -0.4 is 5.43 Å². The molecule has 88 valence electrons. The molecule has 0 aromatic heterocycles. The summed E-state index contributed by atoms with van der Waals surface area (Å²) in [6.45, 7) is 0.